The minimum Gasteiger partial charge on any atom is -0.353 e. The van der Waals surface area contributed by atoms with E-state index in [4.69, 9.17) is 0 Å². The fourth-order valence-electron chi connectivity index (χ4n) is 4.20. The van der Waals surface area contributed by atoms with Crippen molar-refractivity contribution >= 4 is 34.2 Å². The molecule has 32 heavy (non-hydrogen) atoms. The number of pyridine rings is 1. The number of piperazine rings is 1. The van der Waals surface area contributed by atoms with Crippen LogP contribution in [-0.4, -0.2) is 52.4 Å². The third-order valence-electron chi connectivity index (χ3n) is 5.82. The topological polar surface area (TPSA) is 70.5 Å². The summed E-state index contributed by atoms with van der Waals surface area (Å²) in [4.78, 5) is 33.6. The third kappa shape index (κ3) is 5.10. The van der Waals surface area contributed by atoms with Gasteiger partial charge in [0.2, 0.25) is 11.8 Å². The molecule has 0 bridgehead atoms. The Balaban J connectivity index is 1.28. The number of amides is 2. The molecule has 168 valence electrons. The smallest absolute Gasteiger partial charge is 0.224 e. The summed E-state index contributed by atoms with van der Waals surface area (Å²) >= 11 is 0. The number of hydrogen-bond acceptors (Lipinski definition) is 4. The van der Waals surface area contributed by atoms with E-state index in [1.165, 1.54) is 0 Å². The van der Waals surface area contributed by atoms with Crippen molar-refractivity contribution in [1.82, 2.24) is 14.5 Å². The number of rotatable bonds is 7. The van der Waals surface area contributed by atoms with Gasteiger partial charge in [0.05, 0.1) is 11.2 Å². The van der Waals surface area contributed by atoms with Crippen LogP contribution in [0.25, 0.3) is 10.9 Å². The number of benzene rings is 1. The number of hydrogen-bond donors (Lipinski definition) is 1. The van der Waals surface area contributed by atoms with Crippen LogP contribution in [0.4, 0.5) is 11.5 Å². The molecule has 3 heterocycles. The Morgan fingerprint density at radius 3 is 2.53 bits per heavy atom. The molecule has 1 aliphatic rings. The molecule has 0 aliphatic carbocycles. The molecule has 1 aliphatic heterocycles. The van der Waals surface area contributed by atoms with Crippen LogP contribution in [0.1, 0.15) is 26.7 Å². The first-order chi connectivity index (χ1) is 15.5. The second-order valence-electron chi connectivity index (χ2n) is 8.70. The monoisotopic (exact) mass is 433 g/mol. The molecule has 7 nitrogen and oxygen atoms in total. The van der Waals surface area contributed by atoms with Gasteiger partial charge in [0, 0.05) is 63.3 Å². The molecule has 0 atom stereocenters. The van der Waals surface area contributed by atoms with E-state index in [9.17, 15) is 9.59 Å². The van der Waals surface area contributed by atoms with Crippen molar-refractivity contribution in [3.05, 3.63) is 54.9 Å². The van der Waals surface area contributed by atoms with E-state index in [2.05, 4.69) is 45.9 Å². The molecule has 0 unspecified atom stereocenters. The van der Waals surface area contributed by atoms with Crippen molar-refractivity contribution < 1.29 is 9.59 Å². The van der Waals surface area contributed by atoms with Crippen LogP contribution in [0.3, 0.4) is 0 Å². The average Bonchev–Trinajstić information content (AvgIpc) is 3.21. The van der Waals surface area contributed by atoms with E-state index in [0.717, 1.165) is 42.0 Å². The molecule has 1 aromatic carbocycles. The van der Waals surface area contributed by atoms with Crippen LogP contribution in [0.2, 0.25) is 0 Å². The Morgan fingerprint density at radius 2 is 1.81 bits per heavy atom. The normalized spacial score (nSPS) is 14.2. The van der Waals surface area contributed by atoms with Gasteiger partial charge < -0.3 is 19.7 Å². The number of anilines is 2. The number of carbonyl (C=O) groups is 2. The second-order valence-corrected chi connectivity index (χ2v) is 8.70. The van der Waals surface area contributed by atoms with Crippen molar-refractivity contribution in [3.63, 3.8) is 0 Å². The third-order valence-corrected chi connectivity index (χ3v) is 5.82. The fraction of sp³-hybridized carbons (Fsp3) is 0.400. The molecular weight excluding hydrogens is 402 g/mol. The van der Waals surface area contributed by atoms with E-state index in [1.54, 1.807) is 6.20 Å². The van der Waals surface area contributed by atoms with Crippen LogP contribution >= 0.6 is 0 Å². The summed E-state index contributed by atoms with van der Waals surface area (Å²) in [6, 6.07) is 13.8. The quantitative estimate of drug-likeness (QED) is 0.616. The first kappa shape index (κ1) is 21.9. The number of nitrogens with one attached hydrogen (secondary N) is 1. The molecule has 7 heteroatoms. The highest BCUT2D eigenvalue weighted by Gasteiger charge is 2.22. The van der Waals surface area contributed by atoms with Gasteiger partial charge in [-0.3, -0.25) is 9.59 Å². The summed E-state index contributed by atoms with van der Waals surface area (Å²) < 4.78 is 2.21. The van der Waals surface area contributed by atoms with E-state index < -0.39 is 0 Å². The van der Waals surface area contributed by atoms with Gasteiger partial charge in [-0.2, -0.15) is 0 Å². The summed E-state index contributed by atoms with van der Waals surface area (Å²) in [5.41, 5.74) is 1.91. The van der Waals surface area contributed by atoms with Gasteiger partial charge in [-0.1, -0.05) is 26.0 Å². The lowest BCUT2D eigenvalue weighted by Crippen LogP contribution is -2.49. The van der Waals surface area contributed by atoms with Crippen LogP contribution in [0.5, 0.6) is 0 Å². The Hall–Kier alpha value is -3.35. The molecule has 0 spiro atoms. The summed E-state index contributed by atoms with van der Waals surface area (Å²) in [5, 5.41) is 4.03. The Bertz CT molecular complexity index is 1070. The van der Waals surface area contributed by atoms with Crippen molar-refractivity contribution in [2.45, 2.75) is 33.2 Å². The maximum absolute atomic E-state index is 12.6. The summed E-state index contributed by atoms with van der Waals surface area (Å²) in [7, 11) is 0. The van der Waals surface area contributed by atoms with Crippen molar-refractivity contribution in [2.75, 3.05) is 36.4 Å². The minimum atomic E-state index is -0.130. The van der Waals surface area contributed by atoms with Gasteiger partial charge in [-0.05, 0) is 36.2 Å². The Labute approximate surface area is 189 Å². The average molecular weight is 434 g/mol. The number of fused-ring (bicyclic) bond motifs is 1. The highest BCUT2D eigenvalue weighted by atomic mass is 16.2. The first-order valence-electron chi connectivity index (χ1n) is 11.3. The van der Waals surface area contributed by atoms with Crippen molar-refractivity contribution in [1.29, 1.82) is 0 Å². The van der Waals surface area contributed by atoms with Gasteiger partial charge >= 0.3 is 0 Å². The van der Waals surface area contributed by atoms with Gasteiger partial charge in [-0.15, -0.1) is 0 Å². The Morgan fingerprint density at radius 1 is 1.00 bits per heavy atom. The van der Waals surface area contributed by atoms with E-state index in [1.807, 2.05) is 41.3 Å². The lowest BCUT2D eigenvalue weighted by atomic mass is 10.2. The summed E-state index contributed by atoms with van der Waals surface area (Å²) in [6.45, 7) is 8.12. The summed E-state index contributed by atoms with van der Waals surface area (Å²) in [5.74, 6) is 1.38. The molecule has 0 saturated carbocycles. The standard InChI is InChI=1S/C25H31N5O2/c1-19(2)18-30-13-11-20-21(6-5-7-22(20)30)27-24(31)9-10-25(32)29-16-14-28(15-17-29)23-8-3-4-12-26-23/h3-8,11-13,19H,9-10,14-18H2,1-2H3,(H,27,31). The van der Waals surface area contributed by atoms with E-state index >= 15 is 0 Å². The molecule has 0 radical (unpaired) electrons. The first-order valence-corrected chi connectivity index (χ1v) is 11.3. The fourth-order valence-corrected chi connectivity index (χ4v) is 4.20. The molecule has 1 N–H and O–H groups in total. The van der Waals surface area contributed by atoms with Gasteiger partial charge in [0.15, 0.2) is 0 Å². The number of carbonyl (C=O) groups excluding carboxylic acids is 2. The van der Waals surface area contributed by atoms with Crippen molar-refractivity contribution in [3.8, 4) is 0 Å². The predicted molar refractivity (Wildman–Crippen MR) is 128 cm³/mol. The maximum Gasteiger partial charge on any atom is 0.224 e. The van der Waals surface area contributed by atoms with Crippen LogP contribution < -0.4 is 10.2 Å². The van der Waals surface area contributed by atoms with Crippen LogP contribution in [0.15, 0.2) is 54.9 Å². The number of aromatic nitrogens is 2. The molecule has 1 saturated heterocycles. The highest BCUT2D eigenvalue weighted by Crippen LogP contribution is 2.25. The highest BCUT2D eigenvalue weighted by molar-refractivity contribution is 6.02. The molecular formula is C25H31N5O2. The van der Waals surface area contributed by atoms with Crippen molar-refractivity contribution in [2.24, 2.45) is 5.92 Å². The molecule has 1 fully saturated rings. The summed E-state index contributed by atoms with van der Waals surface area (Å²) in [6.07, 6.45) is 4.25. The van der Waals surface area contributed by atoms with Gasteiger partial charge in [-0.25, -0.2) is 4.98 Å². The predicted octanol–water partition coefficient (Wildman–Crippen LogP) is 3.76. The minimum absolute atomic E-state index is 0.0297. The van der Waals surface area contributed by atoms with E-state index in [0.29, 0.717) is 19.0 Å². The lowest BCUT2D eigenvalue weighted by Gasteiger charge is -2.35. The second kappa shape index (κ2) is 9.85. The zero-order chi connectivity index (χ0) is 22.5. The van der Waals surface area contributed by atoms with Gasteiger partial charge in [0.1, 0.15) is 5.82 Å². The van der Waals surface area contributed by atoms with Crippen LogP contribution in [0, 0.1) is 5.92 Å². The Kier molecular flexibility index (Phi) is 6.73. The number of nitrogens with zero attached hydrogens (tertiary/aromatic N) is 4. The largest absolute Gasteiger partial charge is 0.353 e. The molecule has 2 aromatic heterocycles. The molecule has 4 rings (SSSR count). The van der Waals surface area contributed by atoms with E-state index in [-0.39, 0.29) is 24.7 Å². The SMILES string of the molecule is CC(C)Cn1ccc2c(NC(=O)CCC(=O)N3CCN(c4ccccn4)CC3)cccc21. The van der Waals surface area contributed by atoms with Gasteiger partial charge in [0.25, 0.3) is 0 Å². The molecule has 3 aromatic rings. The zero-order valence-electron chi connectivity index (χ0n) is 18.8. The zero-order valence-corrected chi connectivity index (χ0v) is 18.8. The van der Waals surface area contributed by atoms with Crippen LogP contribution in [-0.2, 0) is 16.1 Å². The maximum atomic E-state index is 12.6. The lowest BCUT2D eigenvalue weighted by molar-refractivity contribution is -0.133. The molecule has 2 amide bonds.